The fraction of sp³-hybridized carbons (Fsp3) is 0.421. The van der Waals surface area contributed by atoms with Crippen LogP contribution in [0.5, 0.6) is 0 Å². The molecule has 126 valence electrons. The van der Waals surface area contributed by atoms with E-state index in [4.69, 9.17) is 23.2 Å². The van der Waals surface area contributed by atoms with Crippen LogP contribution in [-0.4, -0.2) is 35.1 Å². The zero-order valence-corrected chi connectivity index (χ0v) is 15.2. The molecule has 4 heterocycles. The van der Waals surface area contributed by atoms with Crippen molar-refractivity contribution < 1.29 is 0 Å². The summed E-state index contributed by atoms with van der Waals surface area (Å²) in [7, 11) is 0. The monoisotopic (exact) mass is 361 g/mol. The van der Waals surface area contributed by atoms with Crippen molar-refractivity contribution >= 4 is 28.9 Å². The molecular weight excluding hydrogens is 341 g/mol. The predicted octanol–water partition coefficient (Wildman–Crippen LogP) is 4.95. The number of benzene rings is 1. The van der Waals surface area contributed by atoms with Gasteiger partial charge in [0.1, 0.15) is 0 Å². The molecule has 5 rings (SSSR count). The number of rotatable bonds is 3. The third kappa shape index (κ3) is 3.01. The minimum atomic E-state index is 0.519. The van der Waals surface area contributed by atoms with E-state index in [-0.39, 0.29) is 0 Å². The second kappa shape index (κ2) is 6.55. The van der Waals surface area contributed by atoms with E-state index in [1.807, 2.05) is 30.5 Å². The van der Waals surface area contributed by atoms with Crippen molar-refractivity contribution in [3.63, 3.8) is 0 Å². The highest BCUT2D eigenvalue weighted by atomic mass is 35.5. The molecule has 3 nitrogen and oxygen atoms in total. The molecule has 1 aromatic carbocycles. The molecule has 2 bridgehead atoms. The summed E-state index contributed by atoms with van der Waals surface area (Å²) in [5.41, 5.74) is 2.97. The molecule has 24 heavy (non-hydrogen) atoms. The first-order chi connectivity index (χ1) is 11.6. The zero-order chi connectivity index (χ0) is 16.7. The van der Waals surface area contributed by atoms with Crippen molar-refractivity contribution in [1.82, 2.24) is 9.88 Å². The number of pyridine rings is 1. The largest absolute Gasteiger partial charge is 0.379 e. The van der Waals surface area contributed by atoms with E-state index in [9.17, 15) is 0 Å². The molecule has 2 atom stereocenters. The van der Waals surface area contributed by atoms with Gasteiger partial charge in [0.2, 0.25) is 0 Å². The van der Waals surface area contributed by atoms with E-state index < -0.39 is 0 Å². The van der Waals surface area contributed by atoms with Crippen molar-refractivity contribution in [1.29, 1.82) is 0 Å². The van der Waals surface area contributed by atoms with Gasteiger partial charge >= 0.3 is 0 Å². The van der Waals surface area contributed by atoms with Crippen LogP contribution in [0, 0.1) is 5.92 Å². The Balaban J connectivity index is 1.50. The maximum Gasteiger partial charge on any atom is 0.0704 e. The second-order valence-electron chi connectivity index (χ2n) is 6.85. The van der Waals surface area contributed by atoms with Crippen molar-refractivity contribution in [3.05, 3.63) is 46.6 Å². The molecule has 0 amide bonds. The van der Waals surface area contributed by atoms with Gasteiger partial charge in [0.25, 0.3) is 0 Å². The topological polar surface area (TPSA) is 28.2 Å². The lowest BCUT2D eigenvalue weighted by molar-refractivity contribution is 0.0458. The zero-order valence-electron chi connectivity index (χ0n) is 13.7. The van der Waals surface area contributed by atoms with Crippen molar-refractivity contribution in [2.45, 2.75) is 31.8 Å². The van der Waals surface area contributed by atoms with Crippen molar-refractivity contribution in [3.8, 4) is 11.3 Å². The summed E-state index contributed by atoms with van der Waals surface area (Å²) in [5, 5.41) is 4.83. The Hall–Kier alpha value is -1.29. The highest BCUT2D eigenvalue weighted by Crippen LogP contribution is 2.34. The number of hydrogen-bond donors (Lipinski definition) is 1. The number of hydrogen-bond acceptors (Lipinski definition) is 3. The number of nitrogens with one attached hydrogen (secondary N) is 1. The average Bonchev–Trinajstić information content (AvgIpc) is 2.61. The van der Waals surface area contributed by atoms with Crippen LogP contribution < -0.4 is 5.32 Å². The Kier molecular flexibility index (Phi) is 4.42. The smallest absolute Gasteiger partial charge is 0.0704 e. The standard InChI is InChI=1S/C19H21Cl2N3/c1-12-19(13-6-8-24(12)9-7-13)23-15-3-5-18(22-11-15)14-2-4-16(20)17(21)10-14/h2-5,10-13,19,23H,6-9H2,1H3/t12-,19+/m1/s1. The van der Waals surface area contributed by atoms with Crippen LogP contribution in [-0.2, 0) is 0 Å². The maximum absolute atomic E-state index is 6.10. The van der Waals surface area contributed by atoms with Crippen LogP contribution in [0.15, 0.2) is 36.5 Å². The Morgan fingerprint density at radius 1 is 1.08 bits per heavy atom. The summed E-state index contributed by atoms with van der Waals surface area (Å²) >= 11 is 12.1. The Morgan fingerprint density at radius 3 is 2.50 bits per heavy atom. The first-order valence-corrected chi connectivity index (χ1v) is 9.29. The summed E-state index contributed by atoms with van der Waals surface area (Å²) in [6.07, 6.45) is 4.52. The van der Waals surface area contributed by atoms with E-state index in [2.05, 4.69) is 28.2 Å². The van der Waals surface area contributed by atoms with Crippen LogP contribution in [0.25, 0.3) is 11.3 Å². The van der Waals surface area contributed by atoms with Gasteiger partial charge in [-0.1, -0.05) is 29.3 Å². The highest BCUT2D eigenvalue weighted by Gasteiger charge is 2.39. The van der Waals surface area contributed by atoms with Crippen molar-refractivity contribution in [2.24, 2.45) is 5.92 Å². The number of nitrogens with zero attached hydrogens (tertiary/aromatic N) is 2. The van der Waals surface area contributed by atoms with E-state index in [1.165, 1.54) is 25.9 Å². The molecule has 0 saturated carbocycles. The van der Waals surface area contributed by atoms with Crippen LogP contribution in [0.2, 0.25) is 10.0 Å². The summed E-state index contributed by atoms with van der Waals surface area (Å²) < 4.78 is 0. The fourth-order valence-electron chi connectivity index (χ4n) is 4.04. The van der Waals surface area contributed by atoms with Gasteiger partial charge in [0.05, 0.1) is 27.6 Å². The van der Waals surface area contributed by atoms with Crippen LogP contribution in [0.3, 0.4) is 0 Å². The first kappa shape index (κ1) is 16.2. The molecule has 1 aromatic heterocycles. The Bertz CT molecular complexity index is 722. The molecule has 0 spiro atoms. The number of aromatic nitrogens is 1. The first-order valence-electron chi connectivity index (χ1n) is 8.54. The molecule has 0 unspecified atom stereocenters. The number of halogens is 2. The minimum Gasteiger partial charge on any atom is -0.379 e. The average molecular weight is 362 g/mol. The lowest BCUT2D eigenvalue weighted by Crippen LogP contribution is -2.59. The van der Waals surface area contributed by atoms with Gasteiger partial charge in [-0.05, 0) is 63.0 Å². The molecule has 3 aliphatic heterocycles. The van der Waals surface area contributed by atoms with E-state index in [0.717, 1.165) is 22.9 Å². The summed E-state index contributed by atoms with van der Waals surface area (Å²) in [5.74, 6) is 0.778. The van der Waals surface area contributed by atoms with E-state index in [1.54, 1.807) is 0 Å². The lowest BCUT2D eigenvalue weighted by Gasteiger charge is -2.50. The number of piperidine rings is 3. The molecule has 3 aliphatic rings. The van der Waals surface area contributed by atoms with Gasteiger partial charge in [0.15, 0.2) is 0 Å². The maximum atomic E-state index is 6.10. The normalized spacial score (nSPS) is 28.8. The number of fused-ring (bicyclic) bond motifs is 3. The van der Waals surface area contributed by atoms with Gasteiger partial charge in [0, 0.05) is 17.6 Å². The molecule has 5 heteroatoms. The molecular formula is C19H21Cl2N3. The van der Waals surface area contributed by atoms with Crippen LogP contribution >= 0.6 is 23.2 Å². The quantitative estimate of drug-likeness (QED) is 0.837. The van der Waals surface area contributed by atoms with Gasteiger partial charge in [-0.15, -0.1) is 0 Å². The molecule has 3 fully saturated rings. The van der Waals surface area contributed by atoms with Crippen LogP contribution in [0.4, 0.5) is 5.69 Å². The van der Waals surface area contributed by atoms with Gasteiger partial charge < -0.3 is 5.32 Å². The van der Waals surface area contributed by atoms with Crippen molar-refractivity contribution in [2.75, 3.05) is 18.4 Å². The minimum absolute atomic E-state index is 0.519. The molecule has 2 aromatic rings. The van der Waals surface area contributed by atoms with Gasteiger partial charge in [-0.3, -0.25) is 9.88 Å². The third-order valence-electron chi connectivity index (χ3n) is 5.49. The highest BCUT2D eigenvalue weighted by molar-refractivity contribution is 6.42. The predicted molar refractivity (Wildman–Crippen MR) is 101 cm³/mol. The molecule has 0 aliphatic carbocycles. The van der Waals surface area contributed by atoms with E-state index in [0.29, 0.717) is 22.1 Å². The van der Waals surface area contributed by atoms with Gasteiger partial charge in [-0.2, -0.15) is 0 Å². The SMILES string of the molecule is C[C@@H]1[C@H](Nc2ccc(-c3ccc(Cl)c(Cl)c3)nc2)C2CCN1CC2. The number of anilines is 1. The molecule has 3 saturated heterocycles. The fourth-order valence-corrected chi connectivity index (χ4v) is 4.34. The Labute approximate surface area is 153 Å². The van der Waals surface area contributed by atoms with E-state index >= 15 is 0 Å². The molecule has 1 N–H and O–H groups in total. The van der Waals surface area contributed by atoms with Crippen LogP contribution in [0.1, 0.15) is 19.8 Å². The summed E-state index contributed by atoms with van der Waals surface area (Å²) in [6.45, 7) is 4.83. The second-order valence-corrected chi connectivity index (χ2v) is 7.66. The Morgan fingerprint density at radius 2 is 1.88 bits per heavy atom. The summed E-state index contributed by atoms with van der Waals surface area (Å²) in [4.78, 5) is 7.19. The third-order valence-corrected chi connectivity index (χ3v) is 6.23. The van der Waals surface area contributed by atoms with Gasteiger partial charge in [-0.25, -0.2) is 0 Å². The molecule has 0 radical (unpaired) electrons. The lowest BCUT2D eigenvalue weighted by atomic mass is 9.79. The summed E-state index contributed by atoms with van der Waals surface area (Å²) in [6, 6.07) is 10.9.